The Hall–Kier alpha value is -3.56. The predicted octanol–water partition coefficient (Wildman–Crippen LogP) is 5.97. The van der Waals surface area contributed by atoms with Crippen LogP contribution < -0.4 is 14.4 Å². The number of nitrogens with zero attached hydrogens (tertiary/aromatic N) is 2. The number of nitrogens with one attached hydrogen (secondary N) is 1. The van der Waals surface area contributed by atoms with Crippen LogP contribution in [0.1, 0.15) is 51.2 Å². The van der Waals surface area contributed by atoms with E-state index in [2.05, 4.69) is 5.32 Å². The van der Waals surface area contributed by atoms with E-state index in [4.69, 9.17) is 16.3 Å². The van der Waals surface area contributed by atoms with Crippen molar-refractivity contribution in [1.82, 2.24) is 10.2 Å². The van der Waals surface area contributed by atoms with Crippen LogP contribution in [-0.2, 0) is 26.2 Å². The maximum Gasteiger partial charge on any atom is 0.264 e. The molecular weight excluding hydrogens is 574 g/mol. The Morgan fingerprint density at radius 1 is 0.976 bits per heavy atom. The lowest BCUT2D eigenvalue weighted by Gasteiger charge is -2.33. The summed E-state index contributed by atoms with van der Waals surface area (Å²) in [4.78, 5) is 28.9. The van der Waals surface area contributed by atoms with E-state index in [1.807, 2.05) is 52.0 Å². The number of aryl methyl sites for hydroxylation is 1. The molecule has 1 N–H and O–H groups in total. The lowest BCUT2D eigenvalue weighted by Crippen LogP contribution is -2.52. The van der Waals surface area contributed by atoms with Gasteiger partial charge in [-0.2, -0.15) is 0 Å². The van der Waals surface area contributed by atoms with Gasteiger partial charge >= 0.3 is 0 Å². The fourth-order valence-electron chi connectivity index (χ4n) is 4.57. The van der Waals surface area contributed by atoms with Crippen LogP contribution in [0.5, 0.6) is 5.75 Å². The molecule has 8 nitrogen and oxygen atoms in total. The fraction of sp³-hybridized carbons (Fsp3) is 0.375. The minimum Gasteiger partial charge on any atom is -0.494 e. The van der Waals surface area contributed by atoms with Gasteiger partial charge in [-0.25, -0.2) is 8.42 Å². The Morgan fingerprint density at radius 2 is 1.67 bits per heavy atom. The van der Waals surface area contributed by atoms with Gasteiger partial charge < -0.3 is 15.0 Å². The van der Waals surface area contributed by atoms with Crippen LogP contribution in [-0.4, -0.2) is 50.9 Å². The van der Waals surface area contributed by atoms with Crippen LogP contribution in [0.4, 0.5) is 5.69 Å². The molecule has 0 aromatic heterocycles. The summed E-state index contributed by atoms with van der Waals surface area (Å²) in [6, 6.07) is 19.2. The van der Waals surface area contributed by atoms with Gasteiger partial charge in [0.25, 0.3) is 10.0 Å². The predicted molar refractivity (Wildman–Crippen MR) is 167 cm³/mol. The fourth-order valence-corrected chi connectivity index (χ4v) is 6.11. The van der Waals surface area contributed by atoms with Crippen molar-refractivity contribution >= 4 is 39.1 Å². The first-order valence-electron chi connectivity index (χ1n) is 14.2. The number of carbonyl (C=O) groups is 2. The number of halogens is 1. The summed E-state index contributed by atoms with van der Waals surface area (Å²) in [5.41, 5.74) is 2.15. The molecule has 1 atom stereocenters. The van der Waals surface area contributed by atoms with Crippen molar-refractivity contribution in [3.05, 3.63) is 88.9 Å². The topological polar surface area (TPSA) is 96.0 Å². The first kappa shape index (κ1) is 32.9. The summed E-state index contributed by atoms with van der Waals surface area (Å²) in [5.74, 6) is -0.187. The van der Waals surface area contributed by atoms with Crippen LogP contribution in [0.25, 0.3) is 0 Å². The second kappa shape index (κ2) is 15.6. The van der Waals surface area contributed by atoms with Crippen LogP contribution in [0.15, 0.2) is 77.7 Å². The molecule has 0 radical (unpaired) electrons. The molecule has 3 rings (SSSR count). The van der Waals surface area contributed by atoms with Gasteiger partial charge in [0.2, 0.25) is 11.8 Å². The molecule has 0 spiro atoms. The molecule has 3 aromatic carbocycles. The van der Waals surface area contributed by atoms with E-state index in [1.165, 1.54) is 29.2 Å². The molecule has 226 valence electrons. The van der Waals surface area contributed by atoms with Crippen molar-refractivity contribution < 1.29 is 22.7 Å². The van der Waals surface area contributed by atoms with Crippen molar-refractivity contribution in [3.63, 3.8) is 0 Å². The van der Waals surface area contributed by atoms with Gasteiger partial charge in [-0.3, -0.25) is 13.9 Å². The standard InChI is InChI=1S/C32H40ClN3O5S/c1-5-8-20-34-32(38)30(6-2)35(22-25-11-9-10-24(4)21-25)31(37)23-36(27-14-16-28(17-15-27)41-7-3)42(39,40)29-18-12-26(33)13-19-29/h9-19,21,30H,5-8,20,22-23H2,1-4H3,(H,34,38)/t30-/m1/s1. The van der Waals surface area contributed by atoms with Crippen molar-refractivity contribution in [3.8, 4) is 5.75 Å². The highest BCUT2D eigenvalue weighted by atomic mass is 35.5. The lowest BCUT2D eigenvalue weighted by atomic mass is 10.1. The average molecular weight is 614 g/mol. The van der Waals surface area contributed by atoms with Crippen LogP contribution >= 0.6 is 11.6 Å². The van der Waals surface area contributed by atoms with E-state index in [-0.39, 0.29) is 23.0 Å². The molecule has 0 saturated heterocycles. The summed E-state index contributed by atoms with van der Waals surface area (Å²) in [6.07, 6.45) is 2.10. The zero-order valence-corrected chi connectivity index (χ0v) is 26.2. The van der Waals surface area contributed by atoms with E-state index < -0.39 is 28.5 Å². The maximum absolute atomic E-state index is 14.1. The summed E-state index contributed by atoms with van der Waals surface area (Å²) >= 11 is 6.02. The van der Waals surface area contributed by atoms with E-state index in [1.54, 1.807) is 24.3 Å². The van der Waals surface area contributed by atoms with Gasteiger partial charge in [0.05, 0.1) is 17.2 Å². The quantitative estimate of drug-likeness (QED) is 0.213. The largest absolute Gasteiger partial charge is 0.494 e. The summed E-state index contributed by atoms with van der Waals surface area (Å²) in [7, 11) is -4.19. The molecule has 0 aliphatic heterocycles. The van der Waals surface area contributed by atoms with E-state index in [9.17, 15) is 18.0 Å². The van der Waals surface area contributed by atoms with Crippen molar-refractivity contribution in [2.24, 2.45) is 0 Å². The molecule has 10 heteroatoms. The van der Waals surface area contributed by atoms with Crippen molar-refractivity contribution in [2.75, 3.05) is 24.0 Å². The number of benzene rings is 3. The number of sulfonamides is 1. The first-order valence-corrected chi connectivity index (χ1v) is 16.1. The number of hydrogen-bond acceptors (Lipinski definition) is 5. The van der Waals surface area contributed by atoms with Crippen LogP contribution in [0.2, 0.25) is 5.02 Å². The first-order chi connectivity index (χ1) is 20.1. The normalized spacial score (nSPS) is 11.9. The SMILES string of the molecule is CCCCNC(=O)[C@@H](CC)N(Cc1cccc(C)c1)C(=O)CN(c1ccc(OCC)cc1)S(=O)(=O)c1ccc(Cl)cc1. The second-order valence-electron chi connectivity index (χ2n) is 9.97. The summed E-state index contributed by atoms with van der Waals surface area (Å²) < 4.78 is 34.5. The molecule has 0 heterocycles. The van der Waals surface area contributed by atoms with Crippen LogP contribution in [0.3, 0.4) is 0 Å². The zero-order valence-electron chi connectivity index (χ0n) is 24.7. The van der Waals surface area contributed by atoms with Gasteiger partial charge in [-0.1, -0.05) is 61.7 Å². The highest BCUT2D eigenvalue weighted by Gasteiger charge is 2.33. The number of rotatable bonds is 15. The smallest absolute Gasteiger partial charge is 0.264 e. The number of unbranched alkanes of at least 4 members (excludes halogenated alkanes) is 1. The molecule has 0 aliphatic rings. The molecule has 2 amide bonds. The number of ether oxygens (including phenoxy) is 1. The van der Waals surface area contributed by atoms with Gasteiger partial charge in [0.1, 0.15) is 18.3 Å². The highest BCUT2D eigenvalue weighted by Crippen LogP contribution is 2.27. The minimum atomic E-state index is -4.19. The van der Waals surface area contributed by atoms with E-state index in [0.717, 1.165) is 28.3 Å². The van der Waals surface area contributed by atoms with Gasteiger partial charge in [-0.15, -0.1) is 0 Å². The Kier molecular flexibility index (Phi) is 12.2. The second-order valence-corrected chi connectivity index (χ2v) is 12.3. The van der Waals surface area contributed by atoms with Crippen molar-refractivity contribution in [2.45, 2.75) is 64.4 Å². The zero-order chi connectivity index (χ0) is 30.7. The van der Waals surface area contributed by atoms with E-state index >= 15 is 0 Å². The monoisotopic (exact) mass is 613 g/mol. The molecule has 0 saturated carbocycles. The molecule has 0 unspecified atom stereocenters. The molecule has 0 aliphatic carbocycles. The molecule has 42 heavy (non-hydrogen) atoms. The Labute approximate surface area is 254 Å². The minimum absolute atomic E-state index is 0.0110. The molecule has 0 bridgehead atoms. The third kappa shape index (κ3) is 8.72. The van der Waals surface area contributed by atoms with Gasteiger partial charge in [0.15, 0.2) is 0 Å². The number of carbonyl (C=O) groups excluding carboxylic acids is 2. The lowest BCUT2D eigenvalue weighted by molar-refractivity contribution is -0.140. The third-order valence-corrected chi connectivity index (χ3v) is 8.81. The molecular formula is C32H40ClN3O5S. The Balaban J connectivity index is 2.04. The molecule has 0 fully saturated rings. The summed E-state index contributed by atoms with van der Waals surface area (Å²) in [5, 5.41) is 3.33. The highest BCUT2D eigenvalue weighted by molar-refractivity contribution is 7.92. The van der Waals surface area contributed by atoms with Crippen molar-refractivity contribution in [1.29, 1.82) is 0 Å². The maximum atomic E-state index is 14.1. The third-order valence-electron chi connectivity index (χ3n) is 6.77. The number of anilines is 1. The number of amides is 2. The van der Waals surface area contributed by atoms with E-state index in [0.29, 0.717) is 30.3 Å². The molecule has 3 aromatic rings. The average Bonchev–Trinajstić information content (AvgIpc) is 2.96. The number of hydrogen-bond donors (Lipinski definition) is 1. The summed E-state index contributed by atoms with van der Waals surface area (Å²) in [6.45, 7) is 8.29. The van der Waals surface area contributed by atoms with Gasteiger partial charge in [-0.05, 0) is 80.8 Å². The Morgan fingerprint density at radius 3 is 2.26 bits per heavy atom. The van der Waals surface area contributed by atoms with Gasteiger partial charge in [0, 0.05) is 18.1 Å². The van der Waals surface area contributed by atoms with Crippen LogP contribution in [0, 0.1) is 6.92 Å². The Bertz CT molecular complexity index is 1430.